The van der Waals surface area contributed by atoms with Gasteiger partial charge in [-0.1, -0.05) is 24.1 Å². The molecule has 1 N–H and O–H groups in total. The summed E-state index contributed by atoms with van der Waals surface area (Å²) in [6.45, 7) is 4.49. The second kappa shape index (κ2) is 8.40. The number of rotatable bonds is 3. The summed E-state index contributed by atoms with van der Waals surface area (Å²) in [5, 5.41) is 4.02. The molecule has 0 spiro atoms. The lowest BCUT2D eigenvalue weighted by atomic mass is 9.76. The van der Waals surface area contributed by atoms with Crippen molar-refractivity contribution in [2.75, 3.05) is 26.2 Å². The largest absolute Gasteiger partial charge is 0.314 e. The molecule has 1 aliphatic carbocycles. The van der Waals surface area contributed by atoms with Crippen LogP contribution in [-0.2, 0) is 0 Å². The highest BCUT2D eigenvalue weighted by atomic mass is 35.5. The monoisotopic (exact) mass is 337 g/mol. The van der Waals surface area contributed by atoms with Crippen LogP contribution in [0, 0.1) is 5.92 Å². The van der Waals surface area contributed by atoms with E-state index in [0.717, 1.165) is 32.1 Å². The SMILES string of the molecule is Cl.Cl.Clc1ccc([C@@H](C2CCC2)N2CCNCC2)cn1. The highest BCUT2D eigenvalue weighted by Gasteiger charge is 2.33. The van der Waals surface area contributed by atoms with Crippen molar-refractivity contribution in [1.82, 2.24) is 15.2 Å². The topological polar surface area (TPSA) is 28.2 Å². The first-order valence-electron chi connectivity index (χ1n) is 6.91. The number of halogens is 3. The zero-order valence-electron chi connectivity index (χ0n) is 11.4. The second-order valence-corrected chi connectivity index (χ2v) is 5.72. The Bertz CT molecular complexity index is 389. The van der Waals surface area contributed by atoms with Gasteiger partial charge in [-0.15, -0.1) is 24.8 Å². The smallest absolute Gasteiger partial charge is 0.129 e. The van der Waals surface area contributed by atoms with Gasteiger partial charge < -0.3 is 5.32 Å². The van der Waals surface area contributed by atoms with Gasteiger partial charge >= 0.3 is 0 Å². The third kappa shape index (κ3) is 3.99. The molecule has 0 radical (unpaired) electrons. The highest BCUT2D eigenvalue weighted by Crippen LogP contribution is 2.41. The zero-order valence-corrected chi connectivity index (χ0v) is 13.8. The second-order valence-electron chi connectivity index (χ2n) is 5.34. The van der Waals surface area contributed by atoms with Crippen molar-refractivity contribution in [3.8, 4) is 0 Å². The normalized spacial score (nSPS) is 21.2. The van der Waals surface area contributed by atoms with Crippen LogP contribution in [0.4, 0.5) is 0 Å². The highest BCUT2D eigenvalue weighted by molar-refractivity contribution is 6.29. The first-order valence-corrected chi connectivity index (χ1v) is 7.28. The summed E-state index contributed by atoms with van der Waals surface area (Å²) in [7, 11) is 0. The molecule has 3 rings (SSSR count). The third-order valence-electron chi connectivity index (χ3n) is 4.23. The minimum absolute atomic E-state index is 0. The molecule has 3 nitrogen and oxygen atoms in total. The predicted octanol–water partition coefficient (Wildman–Crippen LogP) is 3.33. The Morgan fingerprint density at radius 2 is 1.90 bits per heavy atom. The molecule has 114 valence electrons. The van der Waals surface area contributed by atoms with E-state index in [9.17, 15) is 0 Å². The van der Waals surface area contributed by atoms with Gasteiger partial charge in [0.2, 0.25) is 0 Å². The van der Waals surface area contributed by atoms with Gasteiger partial charge in [-0.25, -0.2) is 4.98 Å². The molecule has 2 fully saturated rings. The van der Waals surface area contributed by atoms with Crippen LogP contribution in [-0.4, -0.2) is 36.1 Å². The van der Waals surface area contributed by atoms with E-state index in [2.05, 4.69) is 21.3 Å². The molecule has 1 saturated heterocycles. The van der Waals surface area contributed by atoms with Crippen molar-refractivity contribution in [2.24, 2.45) is 5.92 Å². The van der Waals surface area contributed by atoms with Crippen molar-refractivity contribution in [2.45, 2.75) is 25.3 Å². The maximum absolute atomic E-state index is 5.89. The molecule has 1 saturated carbocycles. The molecule has 2 heterocycles. The number of pyridine rings is 1. The van der Waals surface area contributed by atoms with Gasteiger partial charge in [-0.2, -0.15) is 0 Å². The standard InChI is InChI=1S/C14H20ClN3.2ClH/c15-13-5-4-12(10-17-13)14(11-2-1-3-11)18-8-6-16-7-9-18;;/h4-5,10-11,14,16H,1-3,6-9H2;2*1H/t14-;;/m1../s1. The Morgan fingerprint density at radius 1 is 1.20 bits per heavy atom. The lowest BCUT2D eigenvalue weighted by molar-refractivity contribution is 0.0835. The van der Waals surface area contributed by atoms with E-state index in [4.69, 9.17) is 11.6 Å². The van der Waals surface area contributed by atoms with Gasteiger partial charge in [0.05, 0.1) is 0 Å². The third-order valence-corrected chi connectivity index (χ3v) is 4.46. The number of aromatic nitrogens is 1. The fourth-order valence-corrected chi connectivity index (χ4v) is 3.17. The van der Waals surface area contributed by atoms with Crippen molar-refractivity contribution in [3.05, 3.63) is 29.0 Å². The first-order chi connectivity index (χ1) is 8.84. The molecule has 2 aliphatic rings. The summed E-state index contributed by atoms with van der Waals surface area (Å²) >= 11 is 5.89. The summed E-state index contributed by atoms with van der Waals surface area (Å²) in [6.07, 6.45) is 6.07. The van der Waals surface area contributed by atoms with Gasteiger partial charge in [0, 0.05) is 38.4 Å². The fraction of sp³-hybridized carbons (Fsp3) is 0.643. The fourth-order valence-electron chi connectivity index (χ4n) is 3.06. The Morgan fingerprint density at radius 3 is 2.40 bits per heavy atom. The number of piperazine rings is 1. The van der Waals surface area contributed by atoms with Crippen molar-refractivity contribution in [3.63, 3.8) is 0 Å². The molecule has 0 unspecified atom stereocenters. The van der Waals surface area contributed by atoms with Gasteiger partial charge in [-0.05, 0) is 30.4 Å². The Balaban J connectivity index is 0.000001000. The number of nitrogens with one attached hydrogen (secondary N) is 1. The molecule has 1 aromatic heterocycles. The quantitative estimate of drug-likeness (QED) is 0.857. The summed E-state index contributed by atoms with van der Waals surface area (Å²) < 4.78 is 0. The van der Waals surface area contributed by atoms with Gasteiger partial charge in [0.1, 0.15) is 5.15 Å². The molecule has 0 aromatic carbocycles. The summed E-state index contributed by atoms with van der Waals surface area (Å²) in [5.74, 6) is 0.811. The average molecular weight is 339 g/mol. The molecule has 20 heavy (non-hydrogen) atoms. The van der Waals surface area contributed by atoms with E-state index in [1.165, 1.54) is 24.8 Å². The van der Waals surface area contributed by atoms with Gasteiger partial charge in [-0.3, -0.25) is 4.90 Å². The molecular formula is C14H22Cl3N3. The number of hydrogen-bond donors (Lipinski definition) is 1. The molecular weight excluding hydrogens is 317 g/mol. The lowest BCUT2D eigenvalue weighted by Gasteiger charge is -2.43. The maximum Gasteiger partial charge on any atom is 0.129 e. The van der Waals surface area contributed by atoms with Crippen molar-refractivity contribution < 1.29 is 0 Å². The summed E-state index contributed by atoms with van der Waals surface area (Å²) in [4.78, 5) is 6.88. The molecule has 0 amide bonds. The van der Waals surface area contributed by atoms with Crippen LogP contribution in [0.3, 0.4) is 0 Å². The van der Waals surface area contributed by atoms with E-state index >= 15 is 0 Å². The van der Waals surface area contributed by atoms with Crippen LogP contribution < -0.4 is 5.32 Å². The molecule has 1 aliphatic heterocycles. The summed E-state index contributed by atoms with van der Waals surface area (Å²) in [6, 6.07) is 4.62. The van der Waals surface area contributed by atoms with E-state index in [1.807, 2.05) is 12.3 Å². The maximum atomic E-state index is 5.89. The van der Waals surface area contributed by atoms with Crippen LogP contribution >= 0.6 is 36.4 Å². The van der Waals surface area contributed by atoms with Crippen LogP contribution in [0.1, 0.15) is 30.9 Å². The van der Waals surface area contributed by atoms with Gasteiger partial charge in [0.25, 0.3) is 0 Å². The lowest BCUT2D eigenvalue weighted by Crippen LogP contribution is -2.47. The summed E-state index contributed by atoms with van der Waals surface area (Å²) in [5.41, 5.74) is 1.34. The Kier molecular flexibility index (Phi) is 7.56. The number of nitrogens with zero attached hydrogens (tertiary/aromatic N) is 2. The van der Waals surface area contributed by atoms with Crippen LogP contribution in [0.2, 0.25) is 5.15 Å². The van der Waals surface area contributed by atoms with E-state index in [0.29, 0.717) is 11.2 Å². The van der Waals surface area contributed by atoms with Crippen molar-refractivity contribution in [1.29, 1.82) is 0 Å². The average Bonchev–Trinajstić information content (AvgIpc) is 2.36. The van der Waals surface area contributed by atoms with E-state index in [1.54, 1.807) is 0 Å². The molecule has 0 bridgehead atoms. The van der Waals surface area contributed by atoms with Crippen LogP contribution in [0.5, 0.6) is 0 Å². The predicted molar refractivity (Wildman–Crippen MR) is 88.3 cm³/mol. The molecule has 1 atom stereocenters. The first kappa shape index (κ1) is 18.0. The van der Waals surface area contributed by atoms with Crippen LogP contribution in [0.15, 0.2) is 18.3 Å². The molecule has 6 heteroatoms. The van der Waals surface area contributed by atoms with Gasteiger partial charge in [0.15, 0.2) is 0 Å². The minimum atomic E-state index is 0. The van der Waals surface area contributed by atoms with E-state index in [-0.39, 0.29) is 24.8 Å². The Labute approximate surface area is 138 Å². The zero-order chi connectivity index (χ0) is 12.4. The number of hydrogen-bond acceptors (Lipinski definition) is 3. The van der Waals surface area contributed by atoms with E-state index < -0.39 is 0 Å². The molecule has 1 aromatic rings. The minimum Gasteiger partial charge on any atom is -0.314 e. The van der Waals surface area contributed by atoms with Crippen molar-refractivity contribution >= 4 is 36.4 Å². The Hall–Kier alpha value is -0.0600. The van der Waals surface area contributed by atoms with Crippen LogP contribution in [0.25, 0.3) is 0 Å².